The second-order valence-corrected chi connectivity index (χ2v) is 9.57. The second kappa shape index (κ2) is 9.31. The van der Waals surface area contributed by atoms with Crippen molar-refractivity contribution in [3.05, 3.63) is 17.0 Å². The van der Waals surface area contributed by atoms with Crippen molar-refractivity contribution in [2.75, 3.05) is 12.4 Å². The van der Waals surface area contributed by atoms with Gasteiger partial charge in [-0.1, -0.05) is 11.8 Å². The molecule has 0 spiro atoms. The summed E-state index contributed by atoms with van der Waals surface area (Å²) in [6, 6.07) is -0.135. The van der Waals surface area contributed by atoms with Crippen LogP contribution in [0.4, 0.5) is 10.6 Å². The summed E-state index contributed by atoms with van der Waals surface area (Å²) in [5.41, 5.74) is 0.126. The number of anilines is 1. The van der Waals surface area contributed by atoms with Gasteiger partial charge in [0, 0.05) is 31.2 Å². The molecule has 1 heterocycles. The number of carbonyl (C=O) groups is 2. The van der Waals surface area contributed by atoms with Crippen LogP contribution in [0.1, 0.15) is 58.9 Å². The number of halogens is 1. The van der Waals surface area contributed by atoms with Crippen LogP contribution in [-0.4, -0.2) is 57.6 Å². The Bertz CT molecular complexity index is 895. The van der Waals surface area contributed by atoms with Gasteiger partial charge in [-0.2, -0.15) is 4.98 Å². The van der Waals surface area contributed by atoms with Crippen LogP contribution in [-0.2, 0) is 9.53 Å². The van der Waals surface area contributed by atoms with Crippen LogP contribution in [0.3, 0.4) is 0 Å². The Hall–Kier alpha value is -2.53. The fourth-order valence-corrected chi connectivity index (χ4v) is 3.14. The van der Waals surface area contributed by atoms with E-state index in [-0.39, 0.29) is 23.2 Å². The zero-order valence-corrected chi connectivity index (χ0v) is 19.4. The minimum Gasteiger partial charge on any atom is -0.444 e. The predicted molar refractivity (Wildman–Crippen MR) is 119 cm³/mol. The fourth-order valence-electron chi connectivity index (χ4n) is 3.01. The van der Waals surface area contributed by atoms with E-state index < -0.39 is 17.7 Å². The fraction of sp³-hybridized carbons (Fsp3) is 0.636. The highest BCUT2D eigenvalue weighted by Gasteiger charge is 2.33. The number of aromatic nitrogens is 2. The molecule has 0 aliphatic heterocycles. The first-order valence-corrected chi connectivity index (χ1v) is 11.0. The van der Waals surface area contributed by atoms with Gasteiger partial charge in [0.25, 0.3) is 0 Å². The van der Waals surface area contributed by atoms with Crippen LogP contribution in [0.15, 0.2) is 6.20 Å². The molecule has 1 aromatic rings. The lowest BCUT2D eigenvalue weighted by atomic mass is 9.80. The van der Waals surface area contributed by atoms with Crippen molar-refractivity contribution in [2.24, 2.45) is 5.92 Å². The smallest absolute Gasteiger partial charge is 0.410 e. The van der Waals surface area contributed by atoms with E-state index in [4.69, 9.17) is 16.3 Å². The average Bonchev–Trinajstić information content (AvgIpc) is 3.45. The van der Waals surface area contributed by atoms with Gasteiger partial charge in [0.05, 0.1) is 5.56 Å². The van der Waals surface area contributed by atoms with Crippen LogP contribution in [0, 0.1) is 17.8 Å². The second-order valence-electron chi connectivity index (χ2n) is 9.23. The summed E-state index contributed by atoms with van der Waals surface area (Å²) in [5, 5.41) is 6.51. The molecule has 9 heteroatoms. The third kappa shape index (κ3) is 6.73. The number of likely N-dealkylation sites (N-methyl/N-ethyl adjacent to an activating group) is 1. The Morgan fingerprint density at radius 2 is 1.97 bits per heavy atom. The van der Waals surface area contributed by atoms with Gasteiger partial charge in [0.15, 0.2) is 0 Å². The average molecular weight is 448 g/mol. The first kappa shape index (κ1) is 23.1. The summed E-state index contributed by atoms with van der Waals surface area (Å²) in [5.74, 6) is 7.05. The van der Waals surface area contributed by atoms with Crippen molar-refractivity contribution in [1.29, 1.82) is 0 Å². The van der Waals surface area contributed by atoms with Crippen LogP contribution in [0.5, 0.6) is 0 Å². The summed E-state index contributed by atoms with van der Waals surface area (Å²) in [6.07, 6.45) is 4.90. The highest BCUT2D eigenvalue weighted by atomic mass is 35.5. The zero-order chi connectivity index (χ0) is 22.8. The number of hydrogen-bond acceptors (Lipinski definition) is 6. The molecule has 2 N–H and O–H groups in total. The van der Waals surface area contributed by atoms with Crippen molar-refractivity contribution in [3.8, 4) is 11.8 Å². The van der Waals surface area contributed by atoms with Crippen molar-refractivity contribution in [2.45, 2.75) is 77.1 Å². The van der Waals surface area contributed by atoms with E-state index in [0.29, 0.717) is 11.9 Å². The molecular weight excluding hydrogens is 418 g/mol. The van der Waals surface area contributed by atoms with E-state index in [1.807, 2.05) is 0 Å². The molecule has 0 unspecified atom stereocenters. The summed E-state index contributed by atoms with van der Waals surface area (Å²) in [7, 11) is 1.56. The molecule has 0 radical (unpaired) electrons. The highest BCUT2D eigenvalue weighted by molar-refractivity contribution is 6.28. The van der Waals surface area contributed by atoms with E-state index in [1.165, 1.54) is 4.90 Å². The number of ether oxygens (including phenoxy) is 1. The molecule has 31 heavy (non-hydrogen) atoms. The van der Waals surface area contributed by atoms with Crippen molar-refractivity contribution in [1.82, 2.24) is 20.2 Å². The molecule has 2 aliphatic rings. The molecular formula is C22H30ClN5O3. The molecule has 3 rings (SSSR count). The van der Waals surface area contributed by atoms with Gasteiger partial charge in [-0.3, -0.25) is 9.69 Å². The molecule has 2 saturated carbocycles. The van der Waals surface area contributed by atoms with E-state index >= 15 is 0 Å². The van der Waals surface area contributed by atoms with Gasteiger partial charge in [-0.15, -0.1) is 0 Å². The predicted octanol–water partition coefficient (Wildman–Crippen LogP) is 3.21. The third-order valence-corrected chi connectivity index (χ3v) is 5.40. The molecule has 168 valence electrons. The SMILES string of the molecule is C[C@@H](C(=O)N[C@H]1C[C@@H](C#Cc2cnc(Cl)nc2NC2CC2)C1)N(C)C(=O)OC(C)(C)C. The third-order valence-electron chi connectivity index (χ3n) is 5.21. The number of nitrogens with zero attached hydrogens (tertiary/aromatic N) is 3. The minimum absolute atomic E-state index is 0.0480. The monoisotopic (exact) mass is 447 g/mol. The summed E-state index contributed by atoms with van der Waals surface area (Å²) in [6.45, 7) is 7.06. The van der Waals surface area contributed by atoms with Crippen LogP contribution in [0.25, 0.3) is 0 Å². The molecule has 0 aromatic carbocycles. The number of nitrogens with one attached hydrogen (secondary N) is 2. The van der Waals surface area contributed by atoms with Crippen LogP contribution >= 0.6 is 11.6 Å². The van der Waals surface area contributed by atoms with E-state index in [0.717, 1.165) is 31.2 Å². The molecule has 0 saturated heterocycles. The van der Waals surface area contributed by atoms with Gasteiger partial charge >= 0.3 is 6.09 Å². The Morgan fingerprint density at radius 1 is 1.29 bits per heavy atom. The molecule has 2 aliphatic carbocycles. The van der Waals surface area contributed by atoms with Crippen molar-refractivity contribution < 1.29 is 14.3 Å². The lowest BCUT2D eigenvalue weighted by Crippen LogP contribution is -2.52. The van der Waals surface area contributed by atoms with E-state index in [1.54, 1.807) is 40.9 Å². The molecule has 1 atom stereocenters. The normalized spacial score (nSPS) is 21.1. The Balaban J connectivity index is 1.48. The maximum atomic E-state index is 12.5. The first-order chi connectivity index (χ1) is 14.5. The van der Waals surface area contributed by atoms with E-state index in [9.17, 15) is 9.59 Å². The Labute approximate surface area is 188 Å². The van der Waals surface area contributed by atoms with Gasteiger partial charge in [0.2, 0.25) is 11.2 Å². The highest BCUT2D eigenvalue weighted by Crippen LogP contribution is 2.28. The standard InChI is InChI=1S/C22H30ClN5O3/c1-13(28(5)21(30)31-22(2,3)4)19(29)26-17-10-14(11-17)6-7-15-12-24-20(23)27-18(15)25-16-8-9-16/h12-14,16-17H,8-11H2,1-5H3,(H,26,29)(H,24,25,27)/t13-,14-,17+/m0/s1. The summed E-state index contributed by atoms with van der Waals surface area (Å²) in [4.78, 5) is 34.2. The lowest BCUT2D eigenvalue weighted by Gasteiger charge is -2.34. The summed E-state index contributed by atoms with van der Waals surface area (Å²) < 4.78 is 5.32. The van der Waals surface area contributed by atoms with Gasteiger partial charge in [-0.25, -0.2) is 9.78 Å². The van der Waals surface area contributed by atoms with Gasteiger partial charge < -0.3 is 15.4 Å². The number of hydrogen-bond donors (Lipinski definition) is 2. The van der Waals surface area contributed by atoms with E-state index in [2.05, 4.69) is 32.4 Å². The zero-order valence-electron chi connectivity index (χ0n) is 18.7. The molecule has 1 aromatic heterocycles. The largest absolute Gasteiger partial charge is 0.444 e. The van der Waals surface area contributed by atoms with Crippen LogP contribution < -0.4 is 10.6 Å². The lowest BCUT2D eigenvalue weighted by molar-refractivity contribution is -0.126. The van der Waals surface area contributed by atoms with Crippen LogP contribution in [0.2, 0.25) is 5.28 Å². The van der Waals surface area contributed by atoms with Crippen molar-refractivity contribution in [3.63, 3.8) is 0 Å². The van der Waals surface area contributed by atoms with Gasteiger partial charge in [0.1, 0.15) is 17.5 Å². The topological polar surface area (TPSA) is 96.5 Å². The van der Waals surface area contributed by atoms with Gasteiger partial charge in [-0.05, 0) is 65.0 Å². The molecule has 2 amide bonds. The Kier molecular flexibility index (Phi) is 6.95. The quantitative estimate of drug-likeness (QED) is 0.531. The summed E-state index contributed by atoms with van der Waals surface area (Å²) >= 11 is 5.91. The number of rotatable bonds is 5. The van der Waals surface area contributed by atoms with Crippen molar-refractivity contribution >= 4 is 29.4 Å². The molecule has 8 nitrogen and oxygen atoms in total. The maximum Gasteiger partial charge on any atom is 0.410 e. The molecule has 2 fully saturated rings. The minimum atomic E-state index is -0.623. The molecule has 0 bridgehead atoms. The maximum absolute atomic E-state index is 12.5. The number of carbonyl (C=O) groups excluding carboxylic acids is 2. The first-order valence-electron chi connectivity index (χ1n) is 10.6. The number of amides is 2. The Morgan fingerprint density at radius 3 is 2.58 bits per heavy atom.